The van der Waals surface area contributed by atoms with Crippen LogP contribution in [0.1, 0.15) is 10.4 Å². The number of aliphatic carboxylic acids is 1. The van der Waals surface area contributed by atoms with Gasteiger partial charge in [0.1, 0.15) is 17.4 Å². The second-order valence-corrected chi connectivity index (χ2v) is 6.04. The molecule has 0 radical (unpaired) electrons. The third kappa shape index (κ3) is 4.59. The normalized spacial score (nSPS) is 16.8. The lowest BCUT2D eigenvalue weighted by molar-refractivity contribution is -0.131. The summed E-state index contributed by atoms with van der Waals surface area (Å²) in [6.07, 6.45) is 4.83. The van der Waals surface area contributed by atoms with E-state index in [1.54, 1.807) is 0 Å². The summed E-state index contributed by atoms with van der Waals surface area (Å²) in [6.45, 7) is 0. The van der Waals surface area contributed by atoms with E-state index in [2.05, 4.69) is 20.6 Å². The molecular formula is C19H15FN4O6. The van der Waals surface area contributed by atoms with Gasteiger partial charge in [0.15, 0.2) is 11.6 Å². The van der Waals surface area contributed by atoms with Gasteiger partial charge in [-0.2, -0.15) is 4.98 Å². The first-order valence-corrected chi connectivity index (χ1v) is 8.38. The zero-order valence-corrected chi connectivity index (χ0v) is 15.1. The van der Waals surface area contributed by atoms with Gasteiger partial charge in [-0.25, -0.2) is 19.0 Å². The predicted octanol–water partition coefficient (Wildman–Crippen LogP) is 2.00. The first kappa shape index (κ1) is 20.5. The minimum absolute atomic E-state index is 0.105. The number of hydrogen-bond donors (Lipinski definition) is 6. The van der Waals surface area contributed by atoms with Crippen LogP contribution >= 0.6 is 0 Å². The number of carboxylic acids is 2. The number of aromatic carboxylic acids is 1. The summed E-state index contributed by atoms with van der Waals surface area (Å²) < 4.78 is 14.1. The molecule has 1 unspecified atom stereocenters. The summed E-state index contributed by atoms with van der Waals surface area (Å²) >= 11 is 0. The van der Waals surface area contributed by atoms with Gasteiger partial charge in [-0.05, 0) is 29.8 Å². The number of carboxylic acid groups (broad SMARTS) is 2. The Morgan fingerprint density at radius 1 is 1.20 bits per heavy atom. The molecule has 1 atom stereocenters. The van der Waals surface area contributed by atoms with E-state index in [0.29, 0.717) is 0 Å². The summed E-state index contributed by atoms with van der Waals surface area (Å²) in [5.41, 5.74) is 0.0618. The standard InChI is InChI=1S/C19H15FN4O6/c20-12-8-21-19(23-13-3-1-2-9(16(13)28)6-15(26)27)24-17(12)22-10-4-5-14(25)11(7-10)18(29)30/h1-8,16,25,28H,(H,26,27)(H,29,30)(H2,21,22,23,24). The highest BCUT2D eigenvalue weighted by Crippen LogP contribution is 2.26. The maximum atomic E-state index is 14.1. The molecule has 1 aliphatic rings. The lowest BCUT2D eigenvalue weighted by Crippen LogP contribution is -2.22. The van der Waals surface area contributed by atoms with E-state index < -0.39 is 29.6 Å². The Morgan fingerprint density at radius 3 is 2.67 bits per heavy atom. The highest BCUT2D eigenvalue weighted by atomic mass is 19.1. The van der Waals surface area contributed by atoms with Crippen molar-refractivity contribution in [2.75, 3.05) is 10.6 Å². The molecular weight excluding hydrogens is 399 g/mol. The number of aromatic hydroxyl groups is 1. The molecule has 154 valence electrons. The third-order valence-corrected chi connectivity index (χ3v) is 3.95. The Morgan fingerprint density at radius 2 is 1.97 bits per heavy atom. The van der Waals surface area contributed by atoms with Gasteiger partial charge in [-0.3, -0.25) is 0 Å². The molecule has 0 amide bonds. The van der Waals surface area contributed by atoms with Crippen LogP contribution in [0.4, 0.5) is 21.8 Å². The van der Waals surface area contributed by atoms with E-state index in [4.69, 9.17) is 10.2 Å². The van der Waals surface area contributed by atoms with Crippen molar-refractivity contribution in [2.24, 2.45) is 0 Å². The van der Waals surface area contributed by atoms with E-state index in [9.17, 15) is 24.2 Å². The maximum absolute atomic E-state index is 14.1. The molecule has 0 saturated carbocycles. The molecule has 0 fully saturated rings. The van der Waals surface area contributed by atoms with E-state index >= 15 is 0 Å². The molecule has 3 rings (SSSR count). The lowest BCUT2D eigenvalue weighted by Gasteiger charge is -2.20. The van der Waals surface area contributed by atoms with Crippen LogP contribution in [0.25, 0.3) is 0 Å². The van der Waals surface area contributed by atoms with Crippen molar-refractivity contribution < 1.29 is 34.4 Å². The summed E-state index contributed by atoms with van der Waals surface area (Å²) in [7, 11) is 0. The number of benzene rings is 1. The zero-order chi connectivity index (χ0) is 21.8. The number of anilines is 3. The third-order valence-electron chi connectivity index (χ3n) is 3.95. The zero-order valence-electron chi connectivity index (χ0n) is 15.1. The Labute approximate surface area is 168 Å². The van der Waals surface area contributed by atoms with Crippen molar-refractivity contribution in [1.82, 2.24) is 9.97 Å². The summed E-state index contributed by atoms with van der Waals surface area (Å²) in [6, 6.07) is 3.57. The molecule has 6 N–H and O–H groups in total. The van der Waals surface area contributed by atoms with Gasteiger partial charge in [-0.1, -0.05) is 12.2 Å². The molecule has 0 aliphatic heterocycles. The van der Waals surface area contributed by atoms with Gasteiger partial charge in [0.05, 0.1) is 11.9 Å². The van der Waals surface area contributed by atoms with Crippen LogP contribution in [-0.4, -0.2) is 48.4 Å². The fourth-order valence-electron chi connectivity index (χ4n) is 2.57. The van der Waals surface area contributed by atoms with Crippen molar-refractivity contribution in [3.05, 3.63) is 71.4 Å². The second kappa shape index (κ2) is 8.41. The molecule has 10 nitrogen and oxygen atoms in total. The molecule has 11 heteroatoms. The molecule has 1 aromatic heterocycles. The van der Waals surface area contributed by atoms with E-state index in [1.807, 2.05) is 0 Å². The Kier molecular flexibility index (Phi) is 5.74. The number of halogens is 1. The maximum Gasteiger partial charge on any atom is 0.339 e. The van der Waals surface area contributed by atoms with Gasteiger partial charge < -0.3 is 31.1 Å². The van der Waals surface area contributed by atoms with Crippen molar-refractivity contribution >= 4 is 29.4 Å². The number of phenols is 1. The summed E-state index contributed by atoms with van der Waals surface area (Å²) in [5, 5.41) is 43.0. The number of nitrogens with one attached hydrogen (secondary N) is 2. The Bertz CT molecular complexity index is 1110. The molecule has 0 spiro atoms. The van der Waals surface area contributed by atoms with Gasteiger partial charge >= 0.3 is 11.9 Å². The molecule has 1 aromatic carbocycles. The van der Waals surface area contributed by atoms with Gasteiger partial charge in [0.25, 0.3) is 0 Å². The quantitative estimate of drug-likeness (QED) is 0.304. The number of rotatable bonds is 6. The Hall–Kier alpha value is -4.25. The second-order valence-electron chi connectivity index (χ2n) is 6.04. The average molecular weight is 414 g/mol. The minimum atomic E-state index is -1.36. The van der Waals surface area contributed by atoms with Crippen molar-refractivity contribution in [3.63, 3.8) is 0 Å². The average Bonchev–Trinajstić information content (AvgIpc) is 2.68. The minimum Gasteiger partial charge on any atom is -0.507 e. The van der Waals surface area contributed by atoms with Crippen molar-refractivity contribution in [2.45, 2.75) is 6.10 Å². The molecule has 1 aliphatic carbocycles. The highest BCUT2D eigenvalue weighted by molar-refractivity contribution is 5.92. The van der Waals surface area contributed by atoms with Gasteiger partial charge in [0.2, 0.25) is 5.95 Å². The smallest absolute Gasteiger partial charge is 0.339 e. The SMILES string of the molecule is O=C(O)C=C1C=CC=C(Nc2ncc(F)c(Nc3ccc(O)c(C(=O)O)c3)n2)C1O. The molecule has 0 bridgehead atoms. The molecule has 0 saturated heterocycles. The summed E-state index contributed by atoms with van der Waals surface area (Å²) in [5.74, 6) is -4.28. The Balaban J connectivity index is 1.83. The van der Waals surface area contributed by atoms with Gasteiger partial charge in [0, 0.05) is 11.8 Å². The van der Waals surface area contributed by atoms with Crippen molar-refractivity contribution in [1.29, 1.82) is 0 Å². The van der Waals surface area contributed by atoms with E-state index in [1.165, 1.54) is 24.3 Å². The predicted molar refractivity (Wildman–Crippen MR) is 103 cm³/mol. The fourth-order valence-corrected chi connectivity index (χ4v) is 2.57. The van der Waals surface area contributed by atoms with Crippen LogP contribution in [0.3, 0.4) is 0 Å². The number of aliphatic hydroxyl groups is 1. The number of aliphatic hydroxyl groups excluding tert-OH is 1. The van der Waals surface area contributed by atoms with Crippen LogP contribution in [-0.2, 0) is 4.79 Å². The largest absolute Gasteiger partial charge is 0.507 e. The van der Waals surface area contributed by atoms with Crippen LogP contribution in [0.15, 0.2) is 60.0 Å². The van der Waals surface area contributed by atoms with Crippen molar-refractivity contribution in [3.8, 4) is 5.75 Å². The molecule has 30 heavy (non-hydrogen) atoms. The number of carbonyl (C=O) groups is 2. The number of hydrogen-bond acceptors (Lipinski definition) is 8. The number of allylic oxidation sites excluding steroid dienone is 2. The fraction of sp³-hybridized carbons (Fsp3) is 0.0526. The highest BCUT2D eigenvalue weighted by Gasteiger charge is 2.20. The lowest BCUT2D eigenvalue weighted by atomic mass is 10.0. The summed E-state index contributed by atoms with van der Waals surface area (Å²) in [4.78, 5) is 29.7. The topological polar surface area (TPSA) is 165 Å². The monoisotopic (exact) mass is 414 g/mol. The number of aromatic nitrogens is 2. The van der Waals surface area contributed by atoms with E-state index in [-0.39, 0.29) is 34.3 Å². The first-order chi connectivity index (χ1) is 14.2. The molecule has 1 heterocycles. The van der Waals surface area contributed by atoms with Crippen LogP contribution in [0.2, 0.25) is 0 Å². The van der Waals surface area contributed by atoms with Crippen LogP contribution < -0.4 is 10.6 Å². The van der Waals surface area contributed by atoms with E-state index in [0.717, 1.165) is 24.4 Å². The van der Waals surface area contributed by atoms with Crippen LogP contribution in [0, 0.1) is 5.82 Å². The van der Waals surface area contributed by atoms with Crippen LogP contribution in [0.5, 0.6) is 5.75 Å². The first-order valence-electron chi connectivity index (χ1n) is 8.38. The molecule has 2 aromatic rings. The number of nitrogens with zero attached hydrogens (tertiary/aromatic N) is 2. The van der Waals surface area contributed by atoms with Gasteiger partial charge in [-0.15, -0.1) is 0 Å².